The standard InChI is InChI=1S/C9H12F3NO/c1-6-4-5-7(14-6)8(13(2)3)9(10,11)12/h4-5,8H,1-3H3. The second-order valence-corrected chi connectivity index (χ2v) is 3.36. The third kappa shape index (κ3) is 2.29. The molecule has 0 amide bonds. The maximum atomic E-state index is 12.6. The predicted octanol–water partition coefficient (Wildman–Crippen LogP) is 2.75. The maximum absolute atomic E-state index is 12.6. The Hall–Kier alpha value is -0.970. The summed E-state index contributed by atoms with van der Waals surface area (Å²) in [5, 5.41) is 0. The third-order valence-corrected chi connectivity index (χ3v) is 1.86. The summed E-state index contributed by atoms with van der Waals surface area (Å²) in [5.41, 5.74) is 0. The Morgan fingerprint density at radius 1 is 1.29 bits per heavy atom. The van der Waals surface area contributed by atoms with Crippen LogP contribution in [-0.4, -0.2) is 25.2 Å². The van der Waals surface area contributed by atoms with Gasteiger partial charge in [0.2, 0.25) is 0 Å². The highest BCUT2D eigenvalue weighted by molar-refractivity contribution is 5.11. The Bertz CT molecular complexity index is 303. The van der Waals surface area contributed by atoms with Gasteiger partial charge >= 0.3 is 6.18 Å². The van der Waals surface area contributed by atoms with Gasteiger partial charge in [-0.2, -0.15) is 13.2 Å². The van der Waals surface area contributed by atoms with Gasteiger partial charge < -0.3 is 4.42 Å². The minimum absolute atomic E-state index is 0.0694. The van der Waals surface area contributed by atoms with E-state index in [0.29, 0.717) is 5.76 Å². The van der Waals surface area contributed by atoms with Crippen molar-refractivity contribution in [2.24, 2.45) is 0 Å². The summed E-state index contributed by atoms with van der Waals surface area (Å²) in [6.07, 6.45) is -4.31. The molecule has 0 saturated carbocycles. The number of halogens is 3. The van der Waals surface area contributed by atoms with Crippen LogP contribution in [0.5, 0.6) is 0 Å². The molecule has 0 aromatic carbocycles. The first kappa shape index (κ1) is 11.1. The van der Waals surface area contributed by atoms with Crippen LogP contribution in [0, 0.1) is 6.92 Å². The number of alkyl halides is 3. The van der Waals surface area contributed by atoms with Crippen molar-refractivity contribution in [3.05, 3.63) is 23.7 Å². The molecule has 1 rings (SSSR count). The molecule has 1 aromatic heterocycles. The zero-order valence-corrected chi connectivity index (χ0v) is 8.22. The number of aryl methyl sites for hydroxylation is 1. The van der Waals surface area contributed by atoms with Gasteiger partial charge in [-0.25, -0.2) is 0 Å². The smallest absolute Gasteiger partial charge is 0.411 e. The van der Waals surface area contributed by atoms with E-state index in [1.54, 1.807) is 6.92 Å². The quantitative estimate of drug-likeness (QED) is 0.741. The number of hydrogen-bond acceptors (Lipinski definition) is 2. The van der Waals surface area contributed by atoms with Gasteiger partial charge in [-0.1, -0.05) is 0 Å². The van der Waals surface area contributed by atoms with Crippen molar-refractivity contribution >= 4 is 0 Å². The van der Waals surface area contributed by atoms with E-state index < -0.39 is 12.2 Å². The molecular weight excluding hydrogens is 195 g/mol. The number of hydrogen-bond donors (Lipinski definition) is 0. The third-order valence-electron chi connectivity index (χ3n) is 1.86. The molecule has 0 saturated heterocycles. The van der Waals surface area contributed by atoms with E-state index in [1.807, 2.05) is 0 Å². The van der Waals surface area contributed by atoms with Crippen molar-refractivity contribution in [2.45, 2.75) is 19.1 Å². The first-order valence-corrected chi connectivity index (χ1v) is 4.12. The molecular formula is C9H12F3NO. The van der Waals surface area contributed by atoms with Gasteiger partial charge in [0.1, 0.15) is 11.5 Å². The lowest BCUT2D eigenvalue weighted by Gasteiger charge is -2.24. The maximum Gasteiger partial charge on any atom is 0.411 e. The van der Waals surface area contributed by atoms with Gasteiger partial charge in [0, 0.05) is 0 Å². The van der Waals surface area contributed by atoms with Crippen molar-refractivity contribution < 1.29 is 17.6 Å². The van der Waals surface area contributed by atoms with Gasteiger partial charge in [0.05, 0.1) is 0 Å². The van der Waals surface area contributed by atoms with Crippen LogP contribution in [0.25, 0.3) is 0 Å². The molecule has 0 N–H and O–H groups in total. The van der Waals surface area contributed by atoms with Crippen LogP contribution in [0.1, 0.15) is 17.6 Å². The van der Waals surface area contributed by atoms with E-state index in [2.05, 4.69) is 0 Å². The van der Waals surface area contributed by atoms with Gasteiger partial charge in [0.15, 0.2) is 6.04 Å². The van der Waals surface area contributed by atoms with Crippen LogP contribution >= 0.6 is 0 Å². The molecule has 0 fully saturated rings. The van der Waals surface area contributed by atoms with Crippen LogP contribution in [0.4, 0.5) is 13.2 Å². The molecule has 1 atom stereocenters. The molecule has 2 nitrogen and oxygen atoms in total. The van der Waals surface area contributed by atoms with Crippen LogP contribution in [0.15, 0.2) is 16.5 Å². The number of rotatable bonds is 2. The van der Waals surface area contributed by atoms with Crippen LogP contribution in [-0.2, 0) is 0 Å². The first-order valence-electron chi connectivity index (χ1n) is 4.12. The van der Waals surface area contributed by atoms with Gasteiger partial charge in [-0.15, -0.1) is 0 Å². The summed E-state index contributed by atoms with van der Waals surface area (Å²) in [6, 6.07) is 1.21. The predicted molar refractivity (Wildman–Crippen MR) is 45.9 cm³/mol. The highest BCUT2D eigenvalue weighted by Crippen LogP contribution is 2.36. The van der Waals surface area contributed by atoms with E-state index in [0.717, 1.165) is 4.90 Å². The Morgan fingerprint density at radius 3 is 2.14 bits per heavy atom. The number of nitrogens with zero attached hydrogens (tertiary/aromatic N) is 1. The number of furan rings is 1. The molecule has 1 unspecified atom stereocenters. The van der Waals surface area contributed by atoms with Crippen LogP contribution < -0.4 is 0 Å². The summed E-state index contributed by atoms with van der Waals surface area (Å²) >= 11 is 0. The van der Waals surface area contributed by atoms with Crippen molar-refractivity contribution in [3.63, 3.8) is 0 Å². The molecule has 14 heavy (non-hydrogen) atoms. The lowest BCUT2D eigenvalue weighted by atomic mass is 10.2. The second-order valence-electron chi connectivity index (χ2n) is 3.36. The summed E-state index contributed by atoms with van der Waals surface area (Å²) in [7, 11) is 2.74. The molecule has 1 aromatic rings. The average molecular weight is 207 g/mol. The summed E-state index contributed by atoms with van der Waals surface area (Å²) < 4.78 is 42.7. The highest BCUT2D eigenvalue weighted by atomic mass is 19.4. The van der Waals surface area contributed by atoms with Crippen molar-refractivity contribution in [3.8, 4) is 0 Å². The topological polar surface area (TPSA) is 16.4 Å². The molecule has 1 heterocycles. The molecule has 5 heteroatoms. The summed E-state index contributed by atoms with van der Waals surface area (Å²) in [6.45, 7) is 1.62. The summed E-state index contributed by atoms with van der Waals surface area (Å²) in [5.74, 6) is 0.413. The lowest BCUT2D eigenvalue weighted by Crippen LogP contribution is -2.32. The van der Waals surface area contributed by atoms with E-state index >= 15 is 0 Å². The zero-order chi connectivity index (χ0) is 10.9. The Labute approximate surface area is 80.3 Å². The minimum atomic E-state index is -4.31. The largest absolute Gasteiger partial charge is 0.464 e. The van der Waals surface area contributed by atoms with Gasteiger partial charge in [0.25, 0.3) is 0 Å². The van der Waals surface area contributed by atoms with Gasteiger partial charge in [-0.05, 0) is 33.2 Å². The Kier molecular flexibility index (Phi) is 2.89. The van der Waals surface area contributed by atoms with E-state index in [9.17, 15) is 13.2 Å². The normalized spacial score (nSPS) is 14.8. The average Bonchev–Trinajstić information content (AvgIpc) is 2.31. The molecule has 0 aliphatic carbocycles. The molecule has 80 valence electrons. The fraction of sp³-hybridized carbons (Fsp3) is 0.556. The fourth-order valence-corrected chi connectivity index (χ4v) is 1.31. The molecule has 0 radical (unpaired) electrons. The molecule has 0 bridgehead atoms. The second kappa shape index (κ2) is 3.65. The SMILES string of the molecule is Cc1ccc(C(N(C)C)C(F)(F)F)o1. The summed E-state index contributed by atoms with van der Waals surface area (Å²) in [4.78, 5) is 1.08. The highest BCUT2D eigenvalue weighted by Gasteiger charge is 2.44. The van der Waals surface area contributed by atoms with E-state index in [1.165, 1.54) is 26.2 Å². The van der Waals surface area contributed by atoms with Crippen molar-refractivity contribution in [1.29, 1.82) is 0 Å². The molecule has 0 aliphatic heterocycles. The zero-order valence-electron chi connectivity index (χ0n) is 8.22. The Balaban J connectivity index is 3.01. The monoisotopic (exact) mass is 207 g/mol. The van der Waals surface area contributed by atoms with E-state index in [4.69, 9.17) is 4.42 Å². The Morgan fingerprint density at radius 2 is 1.86 bits per heavy atom. The fourth-order valence-electron chi connectivity index (χ4n) is 1.31. The van der Waals surface area contributed by atoms with Crippen LogP contribution in [0.2, 0.25) is 0 Å². The first-order chi connectivity index (χ1) is 6.32. The molecule has 0 spiro atoms. The van der Waals surface area contributed by atoms with Crippen molar-refractivity contribution in [2.75, 3.05) is 14.1 Å². The van der Waals surface area contributed by atoms with Crippen molar-refractivity contribution in [1.82, 2.24) is 4.90 Å². The minimum Gasteiger partial charge on any atom is -0.464 e. The van der Waals surface area contributed by atoms with Gasteiger partial charge in [-0.3, -0.25) is 4.90 Å². The van der Waals surface area contributed by atoms with E-state index in [-0.39, 0.29) is 5.76 Å². The lowest BCUT2D eigenvalue weighted by molar-refractivity contribution is -0.183. The van der Waals surface area contributed by atoms with Crippen LogP contribution in [0.3, 0.4) is 0 Å². The molecule has 0 aliphatic rings.